The van der Waals surface area contributed by atoms with Crippen molar-refractivity contribution in [3.05, 3.63) is 0 Å². The third-order valence-corrected chi connectivity index (χ3v) is 6.55. The summed E-state index contributed by atoms with van der Waals surface area (Å²) in [6.07, 6.45) is 34.1. The van der Waals surface area contributed by atoms with E-state index in [1.165, 1.54) is 148 Å². The van der Waals surface area contributed by atoms with Crippen molar-refractivity contribution in [2.45, 2.75) is 168 Å². The molecular formula is C28H56O. The van der Waals surface area contributed by atoms with E-state index in [1.54, 1.807) is 0 Å². The Balaban J connectivity index is 3.26. The highest BCUT2D eigenvalue weighted by atomic mass is 16.1. The Morgan fingerprint density at radius 3 is 0.897 bits per heavy atom. The van der Waals surface area contributed by atoms with E-state index in [2.05, 4.69) is 13.8 Å². The van der Waals surface area contributed by atoms with Gasteiger partial charge in [-0.15, -0.1) is 0 Å². The molecular weight excluding hydrogens is 352 g/mol. The first-order valence-electron chi connectivity index (χ1n) is 13.8. The van der Waals surface area contributed by atoms with Crippen LogP contribution in [0.2, 0.25) is 0 Å². The van der Waals surface area contributed by atoms with E-state index < -0.39 is 0 Å². The van der Waals surface area contributed by atoms with E-state index in [9.17, 15) is 4.79 Å². The van der Waals surface area contributed by atoms with Crippen LogP contribution in [0.4, 0.5) is 0 Å². The first-order chi connectivity index (χ1) is 14.3. The fourth-order valence-corrected chi connectivity index (χ4v) is 4.42. The van der Waals surface area contributed by atoms with Gasteiger partial charge in [-0.05, 0) is 12.8 Å². The predicted molar refractivity (Wildman–Crippen MR) is 132 cm³/mol. The molecule has 0 rings (SSSR count). The lowest BCUT2D eigenvalue weighted by Gasteiger charge is -2.10. The molecule has 0 fully saturated rings. The summed E-state index contributed by atoms with van der Waals surface area (Å²) < 4.78 is 0. The Morgan fingerprint density at radius 1 is 0.414 bits per heavy atom. The second-order valence-corrected chi connectivity index (χ2v) is 9.54. The van der Waals surface area contributed by atoms with Gasteiger partial charge in [-0.2, -0.15) is 0 Å². The molecule has 0 heterocycles. The Labute approximate surface area is 185 Å². The molecule has 1 unspecified atom stereocenters. The molecule has 0 spiro atoms. The van der Waals surface area contributed by atoms with Gasteiger partial charge in [0.2, 0.25) is 0 Å². The molecule has 0 saturated carbocycles. The molecule has 0 aromatic heterocycles. The number of carbonyl (C=O) groups excluding carboxylic acids is 1. The molecule has 1 atom stereocenters. The first-order valence-corrected chi connectivity index (χ1v) is 13.8. The van der Waals surface area contributed by atoms with Crippen molar-refractivity contribution in [2.24, 2.45) is 5.92 Å². The fourth-order valence-electron chi connectivity index (χ4n) is 4.42. The van der Waals surface area contributed by atoms with Gasteiger partial charge in [-0.3, -0.25) is 0 Å². The van der Waals surface area contributed by atoms with Crippen LogP contribution in [0.25, 0.3) is 0 Å². The van der Waals surface area contributed by atoms with Crippen LogP contribution >= 0.6 is 0 Å². The van der Waals surface area contributed by atoms with Crippen molar-refractivity contribution in [2.75, 3.05) is 0 Å². The van der Waals surface area contributed by atoms with E-state index in [0.29, 0.717) is 5.92 Å². The van der Waals surface area contributed by atoms with Crippen LogP contribution < -0.4 is 0 Å². The zero-order valence-corrected chi connectivity index (χ0v) is 20.5. The van der Waals surface area contributed by atoms with Gasteiger partial charge >= 0.3 is 0 Å². The maximum absolute atomic E-state index is 11.3. The van der Waals surface area contributed by atoms with Gasteiger partial charge in [0.1, 0.15) is 6.29 Å². The molecule has 0 aliphatic carbocycles. The summed E-state index contributed by atoms with van der Waals surface area (Å²) in [5, 5.41) is 0. The van der Waals surface area contributed by atoms with Gasteiger partial charge in [0, 0.05) is 5.92 Å². The Morgan fingerprint density at radius 2 is 0.655 bits per heavy atom. The van der Waals surface area contributed by atoms with Crippen LogP contribution in [0, 0.1) is 5.92 Å². The largest absolute Gasteiger partial charge is 0.303 e. The molecule has 0 amide bonds. The van der Waals surface area contributed by atoms with E-state index in [-0.39, 0.29) is 0 Å². The van der Waals surface area contributed by atoms with E-state index >= 15 is 0 Å². The molecule has 0 aromatic rings. The molecule has 29 heavy (non-hydrogen) atoms. The van der Waals surface area contributed by atoms with Gasteiger partial charge in [0.25, 0.3) is 0 Å². The Hall–Kier alpha value is -0.330. The summed E-state index contributed by atoms with van der Waals surface area (Å²) in [4.78, 5) is 11.3. The van der Waals surface area contributed by atoms with Gasteiger partial charge in [-0.25, -0.2) is 0 Å². The molecule has 0 aliphatic rings. The highest BCUT2D eigenvalue weighted by Gasteiger charge is 2.06. The molecule has 0 aliphatic heterocycles. The number of rotatable bonds is 25. The number of carbonyl (C=O) groups is 1. The number of hydrogen-bond acceptors (Lipinski definition) is 1. The number of unbranched alkanes of at least 4 members (excludes halogenated alkanes) is 20. The van der Waals surface area contributed by atoms with Crippen LogP contribution in [-0.2, 0) is 4.79 Å². The van der Waals surface area contributed by atoms with Crippen molar-refractivity contribution in [1.82, 2.24) is 0 Å². The van der Waals surface area contributed by atoms with Crippen molar-refractivity contribution in [1.29, 1.82) is 0 Å². The molecule has 174 valence electrons. The highest BCUT2D eigenvalue weighted by Crippen LogP contribution is 2.18. The van der Waals surface area contributed by atoms with Crippen molar-refractivity contribution < 1.29 is 4.79 Å². The molecule has 1 heteroatoms. The zero-order chi connectivity index (χ0) is 21.3. The smallest absolute Gasteiger partial charge is 0.123 e. The number of hydrogen-bond donors (Lipinski definition) is 0. The van der Waals surface area contributed by atoms with Gasteiger partial charge in [0.15, 0.2) is 0 Å². The summed E-state index contributed by atoms with van der Waals surface area (Å²) in [5.41, 5.74) is 0. The van der Waals surface area contributed by atoms with E-state index in [0.717, 1.165) is 12.8 Å². The monoisotopic (exact) mass is 408 g/mol. The quantitative estimate of drug-likeness (QED) is 0.108. The van der Waals surface area contributed by atoms with Crippen LogP contribution in [0.5, 0.6) is 0 Å². The van der Waals surface area contributed by atoms with E-state index in [1.807, 2.05) is 0 Å². The highest BCUT2D eigenvalue weighted by molar-refractivity contribution is 5.53. The van der Waals surface area contributed by atoms with Crippen LogP contribution in [0.3, 0.4) is 0 Å². The van der Waals surface area contributed by atoms with Crippen LogP contribution in [0.15, 0.2) is 0 Å². The minimum Gasteiger partial charge on any atom is -0.303 e. The van der Waals surface area contributed by atoms with Gasteiger partial charge in [-0.1, -0.05) is 155 Å². The maximum Gasteiger partial charge on any atom is 0.123 e. The standard InChI is InChI=1S/C28H56O/c1-3-5-7-9-11-13-14-15-16-17-18-20-22-24-26-28(27-29)25-23-21-19-12-10-8-6-4-2/h27-28H,3-26H2,1-2H3. The summed E-state index contributed by atoms with van der Waals surface area (Å²) in [5.74, 6) is 0.340. The molecule has 0 bridgehead atoms. The summed E-state index contributed by atoms with van der Waals surface area (Å²) in [6.45, 7) is 4.57. The van der Waals surface area contributed by atoms with Gasteiger partial charge in [0.05, 0.1) is 0 Å². The predicted octanol–water partition coefficient (Wildman–Crippen LogP) is 10.2. The number of aldehydes is 1. The molecule has 0 N–H and O–H groups in total. The Bertz CT molecular complexity index is 299. The van der Waals surface area contributed by atoms with Crippen molar-refractivity contribution in [3.63, 3.8) is 0 Å². The minimum absolute atomic E-state index is 0.340. The van der Waals surface area contributed by atoms with Crippen molar-refractivity contribution in [3.8, 4) is 0 Å². The third kappa shape index (κ3) is 23.8. The lowest BCUT2D eigenvalue weighted by atomic mass is 9.95. The second kappa shape index (κ2) is 25.7. The van der Waals surface area contributed by atoms with Crippen molar-refractivity contribution >= 4 is 6.29 Å². The first kappa shape index (κ1) is 28.7. The SMILES string of the molecule is CCCCCCCCCCCCCCCCC(C=O)CCCCCCCCCC. The maximum atomic E-state index is 11.3. The van der Waals surface area contributed by atoms with Crippen LogP contribution in [0.1, 0.15) is 168 Å². The lowest BCUT2D eigenvalue weighted by Crippen LogP contribution is -2.02. The fraction of sp³-hybridized carbons (Fsp3) is 0.964. The second-order valence-electron chi connectivity index (χ2n) is 9.54. The Kier molecular flexibility index (Phi) is 25.4. The molecule has 0 saturated heterocycles. The average molecular weight is 409 g/mol. The zero-order valence-electron chi connectivity index (χ0n) is 20.5. The summed E-state index contributed by atoms with van der Waals surface area (Å²) in [6, 6.07) is 0. The molecule has 0 radical (unpaired) electrons. The lowest BCUT2D eigenvalue weighted by molar-refractivity contribution is -0.111. The minimum atomic E-state index is 0.340. The molecule has 0 aromatic carbocycles. The third-order valence-electron chi connectivity index (χ3n) is 6.55. The summed E-state index contributed by atoms with van der Waals surface area (Å²) in [7, 11) is 0. The normalized spacial score (nSPS) is 12.3. The summed E-state index contributed by atoms with van der Waals surface area (Å²) >= 11 is 0. The van der Waals surface area contributed by atoms with Crippen LogP contribution in [-0.4, -0.2) is 6.29 Å². The van der Waals surface area contributed by atoms with E-state index in [4.69, 9.17) is 0 Å². The topological polar surface area (TPSA) is 17.1 Å². The molecule has 1 nitrogen and oxygen atoms in total. The van der Waals surface area contributed by atoms with Gasteiger partial charge < -0.3 is 4.79 Å². The average Bonchev–Trinajstić information content (AvgIpc) is 2.74.